The molecule has 0 saturated heterocycles. The van der Waals surface area contributed by atoms with E-state index in [-0.39, 0.29) is 11.7 Å². The topological polar surface area (TPSA) is 29.3 Å². The first-order chi connectivity index (χ1) is 9.79. The molecular weight excluding hydrogens is 297 g/mol. The molecule has 0 atom stereocenters. The second-order valence-electron chi connectivity index (χ2n) is 5.07. The molecule has 2 nitrogen and oxygen atoms in total. The van der Waals surface area contributed by atoms with E-state index >= 15 is 0 Å². The molecule has 0 unspecified atom stereocenters. The van der Waals surface area contributed by atoms with Crippen molar-refractivity contribution in [3.05, 3.63) is 46.2 Å². The normalized spacial score (nSPS) is 11.9. The van der Waals surface area contributed by atoms with Crippen LogP contribution in [0.3, 0.4) is 0 Å². The Balaban J connectivity index is 2.33. The molecule has 0 aliphatic heterocycles. The molecule has 0 aliphatic carbocycles. The largest absolute Gasteiger partial charge is 0.416 e. The number of halogens is 3. The summed E-state index contributed by atoms with van der Waals surface area (Å²) in [5.41, 5.74) is 5.91. The summed E-state index contributed by atoms with van der Waals surface area (Å²) in [7, 11) is 0. The third-order valence-electron chi connectivity index (χ3n) is 3.19. The highest BCUT2D eigenvalue weighted by molar-refractivity contribution is 7.09. The average Bonchev–Trinajstić information content (AvgIpc) is 2.88. The van der Waals surface area contributed by atoms with Crippen LogP contribution in [0.25, 0.3) is 0 Å². The highest BCUT2D eigenvalue weighted by atomic mass is 32.1. The van der Waals surface area contributed by atoms with E-state index in [9.17, 15) is 13.2 Å². The van der Waals surface area contributed by atoms with Gasteiger partial charge in [0.05, 0.1) is 23.5 Å². The Morgan fingerprint density at radius 1 is 1.24 bits per heavy atom. The summed E-state index contributed by atoms with van der Waals surface area (Å²) in [6.45, 7) is 4.61. The van der Waals surface area contributed by atoms with Gasteiger partial charge in [0.25, 0.3) is 0 Å². The van der Waals surface area contributed by atoms with Gasteiger partial charge >= 0.3 is 6.18 Å². The maximum atomic E-state index is 12.7. The molecule has 1 aromatic heterocycles. The molecule has 1 heterocycles. The molecule has 0 amide bonds. The Morgan fingerprint density at radius 2 is 1.95 bits per heavy atom. The highest BCUT2D eigenvalue weighted by Gasteiger charge is 2.31. The fourth-order valence-corrected chi connectivity index (χ4v) is 2.81. The average molecular weight is 314 g/mol. The minimum atomic E-state index is -4.37. The number of nitrogens with zero attached hydrogens (tertiary/aromatic N) is 1. The molecular formula is C15H17F3N2S. The Kier molecular flexibility index (Phi) is 4.46. The zero-order valence-corrected chi connectivity index (χ0v) is 12.6. The van der Waals surface area contributed by atoms with Crippen LogP contribution >= 0.6 is 11.3 Å². The first-order valence-corrected chi connectivity index (χ1v) is 7.42. The number of hydrogen-bond acceptors (Lipinski definition) is 3. The summed E-state index contributed by atoms with van der Waals surface area (Å²) >= 11 is 1.61. The van der Waals surface area contributed by atoms with E-state index in [1.54, 1.807) is 11.3 Å². The summed E-state index contributed by atoms with van der Waals surface area (Å²) < 4.78 is 38.1. The molecule has 114 valence electrons. The molecule has 0 spiro atoms. The third-order valence-corrected chi connectivity index (χ3v) is 4.06. The van der Waals surface area contributed by atoms with Crippen LogP contribution in [-0.4, -0.2) is 6.04 Å². The summed E-state index contributed by atoms with van der Waals surface area (Å²) in [6.07, 6.45) is -4.37. The Hall–Kier alpha value is -1.69. The molecule has 0 aliphatic rings. The SMILES string of the molecule is CC(C)N(Cc1cccs1)c1ccc(C(F)(F)F)cc1N. The van der Waals surface area contributed by atoms with Crippen LogP contribution in [0.4, 0.5) is 24.5 Å². The number of benzene rings is 1. The first kappa shape index (κ1) is 15.7. The third kappa shape index (κ3) is 3.69. The number of thiophene rings is 1. The monoisotopic (exact) mass is 314 g/mol. The predicted molar refractivity (Wildman–Crippen MR) is 81.5 cm³/mol. The minimum Gasteiger partial charge on any atom is -0.397 e. The van der Waals surface area contributed by atoms with E-state index in [1.807, 2.05) is 36.3 Å². The Labute approximate surface area is 126 Å². The van der Waals surface area contributed by atoms with Gasteiger partial charge in [-0.2, -0.15) is 13.2 Å². The number of nitrogens with two attached hydrogens (primary N) is 1. The van der Waals surface area contributed by atoms with Gasteiger partial charge < -0.3 is 10.6 Å². The van der Waals surface area contributed by atoms with Crippen LogP contribution in [0.15, 0.2) is 35.7 Å². The molecule has 2 rings (SSSR count). The predicted octanol–water partition coefficient (Wildman–Crippen LogP) is 4.76. The minimum absolute atomic E-state index is 0.131. The molecule has 0 saturated carbocycles. The van der Waals surface area contributed by atoms with E-state index in [4.69, 9.17) is 5.73 Å². The van der Waals surface area contributed by atoms with Gasteiger partial charge in [-0.25, -0.2) is 0 Å². The second kappa shape index (κ2) is 5.97. The lowest BCUT2D eigenvalue weighted by Gasteiger charge is -2.30. The lowest BCUT2D eigenvalue weighted by atomic mass is 10.1. The molecule has 0 fully saturated rings. The van der Waals surface area contributed by atoms with Crippen LogP contribution in [0.1, 0.15) is 24.3 Å². The molecule has 2 N–H and O–H groups in total. The molecule has 0 radical (unpaired) electrons. The van der Waals surface area contributed by atoms with Gasteiger partial charge in [-0.3, -0.25) is 0 Å². The standard InChI is InChI=1S/C15H17F3N2S/c1-10(2)20(9-12-4-3-7-21-12)14-6-5-11(8-13(14)19)15(16,17)18/h3-8,10H,9,19H2,1-2H3. The molecule has 6 heteroatoms. The van der Waals surface area contributed by atoms with E-state index in [0.29, 0.717) is 12.2 Å². The number of alkyl halides is 3. The summed E-state index contributed by atoms with van der Waals surface area (Å²) in [6, 6.07) is 7.61. The van der Waals surface area contributed by atoms with E-state index < -0.39 is 11.7 Å². The number of anilines is 2. The van der Waals surface area contributed by atoms with Crippen molar-refractivity contribution in [1.29, 1.82) is 0 Å². The summed E-state index contributed by atoms with van der Waals surface area (Å²) in [5, 5.41) is 1.98. The van der Waals surface area contributed by atoms with Crippen molar-refractivity contribution < 1.29 is 13.2 Å². The molecule has 0 bridgehead atoms. The number of nitrogen functional groups attached to an aromatic ring is 1. The fraction of sp³-hybridized carbons (Fsp3) is 0.333. The Bertz CT molecular complexity index is 591. The van der Waals surface area contributed by atoms with Crippen LogP contribution in [0.2, 0.25) is 0 Å². The smallest absolute Gasteiger partial charge is 0.397 e. The van der Waals surface area contributed by atoms with Crippen molar-refractivity contribution in [3.63, 3.8) is 0 Å². The first-order valence-electron chi connectivity index (χ1n) is 6.55. The van der Waals surface area contributed by atoms with Crippen LogP contribution in [-0.2, 0) is 12.7 Å². The molecule has 1 aromatic carbocycles. The number of hydrogen-bond donors (Lipinski definition) is 1. The molecule has 2 aromatic rings. The van der Waals surface area contributed by atoms with Crippen LogP contribution < -0.4 is 10.6 Å². The van der Waals surface area contributed by atoms with Gasteiger partial charge in [-0.05, 0) is 43.5 Å². The van der Waals surface area contributed by atoms with Gasteiger partial charge in [-0.15, -0.1) is 11.3 Å². The van der Waals surface area contributed by atoms with Crippen molar-refractivity contribution >= 4 is 22.7 Å². The summed E-state index contributed by atoms with van der Waals surface area (Å²) in [4.78, 5) is 3.14. The fourth-order valence-electron chi connectivity index (χ4n) is 2.11. The highest BCUT2D eigenvalue weighted by Crippen LogP contribution is 2.35. The van der Waals surface area contributed by atoms with Crippen molar-refractivity contribution in [3.8, 4) is 0 Å². The quantitative estimate of drug-likeness (QED) is 0.824. The summed E-state index contributed by atoms with van der Waals surface area (Å²) in [5.74, 6) is 0. The molecule has 21 heavy (non-hydrogen) atoms. The lowest BCUT2D eigenvalue weighted by molar-refractivity contribution is -0.137. The van der Waals surface area contributed by atoms with Crippen molar-refractivity contribution in [2.75, 3.05) is 10.6 Å². The van der Waals surface area contributed by atoms with Gasteiger partial charge in [0.2, 0.25) is 0 Å². The van der Waals surface area contributed by atoms with E-state index in [0.717, 1.165) is 17.0 Å². The maximum absolute atomic E-state index is 12.7. The lowest BCUT2D eigenvalue weighted by Crippen LogP contribution is -2.30. The Morgan fingerprint density at radius 3 is 2.43 bits per heavy atom. The zero-order chi connectivity index (χ0) is 15.6. The van der Waals surface area contributed by atoms with Crippen molar-refractivity contribution in [2.24, 2.45) is 0 Å². The van der Waals surface area contributed by atoms with Crippen LogP contribution in [0.5, 0.6) is 0 Å². The van der Waals surface area contributed by atoms with Gasteiger partial charge in [0.1, 0.15) is 0 Å². The van der Waals surface area contributed by atoms with E-state index in [2.05, 4.69) is 0 Å². The van der Waals surface area contributed by atoms with Gasteiger partial charge in [0, 0.05) is 10.9 Å². The van der Waals surface area contributed by atoms with Crippen molar-refractivity contribution in [2.45, 2.75) is 32.6 Å². The van der Waals surface area contributed by atoms with Crippen LogP contribution in [0, 0.1) is 0 Å². The van der Waals surface area contributed by atoms with Gasteiger partial charge in [0.15, 0.2) is 0 Å². The van der Waals surface area contributed by atoms with Gasteiger partial charge in [-0.1, -0.05) is 6.07 Å². The zero-order valence-electron chi connectivity index (χ0n) is 11.8. The second-order valence-corrected chi connectivity index (χ2v) is 6.10. The van der Waals surface area contributed by atoms with E-state index in [1.165, 1.54) is 6.07 Å². The maximum Gasteiger partial charge on any atom is 0.416 e. The van der Waals surface area contributed by atoms with Crippen molar-refractivity contribution in [1.82, 2.24) is 0 Å². The number of rotatable bonds is 4.